The van der Waals surface area contributed by atoms with Crippen LogP contribution in [0, 0.1) is 0 Å². The number of aliphatic hydroxyl groups is 2. The summed E-state index contributed by atoms with van der Waals surface area (Å²) in [6.07, 6.45) is 1.99. The van der Waals surface area contributed by atoms with Crippen molar-refractivity contribution in [3.05, 3.63) is 35.4 Å². The van der Waals surface area contributed by atoms with Crippen LogP contribution in [0.25, 0.3) is 0 Å². The van der Waals surface area contributed by atoms with Crippen LogP contribution in [0.2, 0.25) is 0 Å². The molecule has 0 radical (unpaired) electrons. The molecule has 0 aromatic heterocycles. The van der Waals surface area contributed by atoms with Crippen LogP contribution in [0.1, 0.15) is 42.6 Å². The summed E-state index contributed by atoms with van der Waals surface area (Å²) in [4.78, 5) is 16.4. The maximum atomic E-state index is 12.7. The van der Waals surface area contributed by atoms with E-state index in [1.54, 1.807) is 18.7 Å². The number of benzene rings is 1. The maximum absolute atomic E-state index is 12.7. The number of amides is 1. The van der Waals surface area contributed by atoms with Gasteiger partial charge < -0.3 is 20.0 Å². The third-order valence-corrected chi connectivity index (χ3v) is 4.43. The normalized spacial score (nSPS) is 21.5. The molecule has 1 saturated heterocycles. The van der Waals surface area contributed by atoms with Crippen LogP contribution in [0.15, 0.2) is 24.3 Å². The Balaban J connectivity index is 2.03. The Morgan fingerprint density at radius 1 is 1.38 bits per heavy atom. The highest BCUT2D eigenvalue weighted by atomic mass is 16.3. The molecule has 1 fully saturated rings. The maximum Gasteiger partial charge on any atom is 0.253 e. The third-order valence-electron chi connectivity index (χ3n) is 4.43. The van der Waals surface area contributed by atoms with Crippen molar-refractivity contribution in [3.8, 4) is 0 Å². The zero-order chi connectivity index (χ0) is 18.0. The van der Waals surface area contributed by atoms with Crippen molar-refractivity contribution in [2.75, 3.05) is 33.7 Å². The van der Waals surface area contributed by atoms with E-state index in [-0.39, 0.29) is 5.91 Å². The minimum absolute atomic E-state index is 0.0326. The van der Waals surface area contributed by atoms with Gasteiger partial charge in [0, 0.05) is 18.7 Å². The number of nitrogens with zero attached hydrogens (tertiary/aromatic N) is 2. The highest BCUT2D eigenvalue weighted by Crippen LogP contribution is 2.24. The van der Waals surface area contributed by atoms with Crippen LogP contribution in [0.5, 0.6) is 0 Å². The van der Waals surface area contributed by atoms with Crippen LogP contribution < -0.4 is 0 Å². The molecule has 5 heteroatoms. The summed E-state index contributed by atoms with van der Waals surface area (Å²) in [5, 5.41) is 20.4. The number of rotatable bonds is 6. The van der Waals surface area contributed by atoms with Crippen LogP contribution in [-0.4, -0.2) is 70.9 Å². The van der Waals surface area contributed by atoms with E-state index in [4.69, 9.17) is 0 Å². The quantitative estimate of drug-likeness (QED) is 0.828. The second kappa shape index (κ2) is 7.21. The molecule has 1 aromatic carbocycles. The molecular formula is C19H30N2O3. The van der Waals surface area contributed by atoms with Crippen molar-refractivity contribution in [2.45, 2.75) is 44.3 Å². The number of hydrogen-bond acceptors (Lipinski definition) is 4. The van der Waals surface area contributed by atoms with Gasteiger partial charge in [0.25, 0.3) is 5.91 Å². The summed E-state index contributed by atoms with van der Waals surface area (Å²) >= 11 is 0. The Labute approximate surface area is 144 Å². The predicted molar refractivity (Wildman–Crippen MR) is 95.1 cm³/mol. The van der Waals surface area contributed by atoms with Gasteiger partial charge in [0.2, 0.25) is 0 Å². The van der Waals surface area contributed by atoms with E-state index >= 15 is 0 Å². The monoisotopic (exact) mass is 334 g/mol. The summed E-state index contributed by atoms with van der Waals surface area (Å²) in [5.74, 6) is -0.0326. The number of carbonyl (C=O) groups excluding carboxylic acids is 1. The Bertz CT molecular complexity index is 580. The molecule has 24 heavy (non-hydrogen) atoms. The predicted octanol–water partition coefficient (Wildman–Crippen LogP) is 1.53. The average Bonchev–Trinajstić information content (AvgIpc) is 2.85. The third kappa shape index (κ3) is 5.30. The van der Waals surface area contributed by atoms with Gasteiger partial charge in [-0.25, -0.2) is 0 Å². The lowest BCUT2D eigenvalue weighted by atomic mass is 9.98. The molecule has 2 N–H and O–H groups in total. The van der Waals surface area contributed by atoms with E-state index in [9.17, 15) is 15.0 Å². The van der Waals surface area contributed by atoms with E-state index in [2.05, 4.69) is 0 Å². The first-order chi connectivity index (χ1) is 11.1. The minimum atomic E-state index is -0.822. The van der Waals surface area contributed by atoms with Crippen LogP contribution in [0.3, 0.4) is 0 Å². The Morgan fingerprint density at radius 2 is 2.08 bits per heavy atom. The number of carbonyl (C=O) groups is 1. The van der Waals surface area contributed by atoms with Crippen LogP contribution in [0.4, 0.5) is 0 Å². The van der Waals surface area contributed by atoms with Gasteiger partial charge in [-0.2, -0.15) is 0 Å². The molecular weight excluding hydrogens is 304 g/mol. The van der Waals surface area contributed by atoms with E-state index in [0.29, 0.717) is 38.0 Å². The van der Waals surface area contributed by atoms with E-state index in [0.717, 1.165) is 12.0 Å². The Hall–Kier alpha value is -1.43. The second-order valence-corrected chi connectivity index (χ2v) is 7.95. The van der Waals surface area contributed by atoms with Gasteiger partial charge in [-0.1, -0.05) is 12.1 Å². The fourth-order valence-corrected chi connectivity index (χ4v) is 3.24. The van der Waals surface area contributed by atoms with Crippen molar-refractivity contribution in [3.63, 3.8) is 0 Å². The molecule has 1 atom stereocenters. The molecule has 0 aliphatic carbocycles. The highest BCUT2D eigenvalue weighted by molar-refractivity contribution is 5.94. The van der Waals surface area contributed by atoms with Gasteiger partial charge in [-0.05, 0) is 64.9 Å². The van der Waals surface area contributed by atoms with Gasteiger partial charge in [0.1, 0.15) is 0 Å². The van der Waals surface area contributed by atoms with E-state index < -0.39 is 11.2 Å². The summed E-state index contributed by atoms with van der Waals surface area (Å²) in [7, 11) is 3.85. The van der Waals surface area contributed by atoms with Gasteiger partial charge in [0.15, 0.2) is 0 Å². The first kappa shape index (κ1) is 18.9. The molecule has 0 spiro atoms. The minimum Gasteiger partial charge on any atom is -0.390 e. The SMILES string of the molecule is CN(C)CC1(O)CCN(C(=O)c2cccc(CCC(C)(C)O)c2)C1. The van der Waals surface area contributed by atoms with Crippen LogP contribution in [-0.2, 0) is 6.42 Å². The molecule has 5 nitrogen and oxygen atoms in total. The standard InChI is InChI=1S/C19H30N2O3/c1-18(2,23)9-8-15-6-5-7-16(12-15)17(22)21-11-10-19(24,14-21)13-20(3)4/h5-7,12,23-24H,8-11,13-14H2,1-4H3. The molecule has 1 amide bonds. The summed E-state index contributed by atoms with van der Waals surface area (Å²) in [5.41, 5.74) is 0.165. The number of likely N-dealkylation sites (N-methyl/N-ethyl adjacent to an activating group) is 1. The number of likely N-dealkylation sites (tertiary alicyclic amines) is 1. The highest BCUT2D eigenvalue weighted by Gasteiger charge is 2.38. The average molecular weight is 334 g/mol. The largest absolute Gasteiger partial charge is 0.390 e. The second-order valence-electron chi connectivity index (χ2n) is 7.95. The lowest BCUT2D eigenvalue weighted by Crippen LogP contribution is -2.43. The van der Waals surface area contributed by atoms with Crippen molar-refractivity contribution in [1.29, 1.82) is 0 Å². The Morgan fingerprint density at radius 3 is 2.71 bits per heavy atom. The zero-order valence-electron chi connectivity index (χ0n) is 15.2. The van der Waals surface area contributed by atoms with Crippen molar-refractivity contribution in [1.82, 2.24) is 9.80 Å². The number of aryl methyl sites for hydroxylation is 1. The number of β-amino-alcohol motifs (C(OH)–C–C–N with tert-alkyl or cyclic N) is 1. The van der Waals surface area contributed by atoms with E-state index in [1.165, 1.54) is 0 Å². The summed E-state index contributed by atoms with van der Waals surface area (Å²) in [6.45, 7) is 5.09. The molecule has 2 rings (SSSR count). The molecule has 0 bridgehead atoms. The Kier molecular flexibility index (Phi) is 5.68. The van der Waals surface area contributed by atoms with Crippen molar-refractivity contribution < 1.29 is 15.0 Å². The van der Waals surface area contributed by atoms with Crippen LogP contribution >= 0.6 is 0 Å². The molecule has 0 saturated carbocycles. The smallest absolute Gasteiger partial charge is 0.253 e. The lowest BCUT2D eigenvalue weighted by molar-refractivity contribution is 0.0236. The molecule has 1 aliphatic rings. The topological polar surface area (TPSA) is 64.0 Å². The van der Waals surface area contributed by atoms with Gasteiger partial charge >= 0.3 is 0 Å². The first-order valence-corrected chi connectivity index (χ1v) is 8.56. The van der Waals surface area contributed by atoms with Gasteiger partial charge in [-0.15, -0.1) is 0 Å². The first-order valence-electron chi connectivity index (χ1n) is 8.56. The molecule has 134 valence electrons. The fourth-order valence-electron chi connectivity index (χ4n) is 3.24. The lowest BCUT2D eigenvalue weighted by Gasteiger charge is -2.26. The van der Waals surface area contributed by atoms with Crippen molar-refractivity contribution >= 4 is 5.91 Å². The van der Waals surface area contributed by atoms with Gasteiger partial charge in [-0.3, -0.25) is 4.79 Å². The zero-order valence-corrected chi connectivity index (χ0v) is 15.2. The summed E-state index contributed by atoms with van der Waals surface area (Å²) in [6, 6.07) is 7.58. The fraction of sp³-hybridized carbons (Fsp3) is 0.632. The van der Waals surface area contributed by atoms with Crippen molar-refractivity contribution in [2.24, 2.45) is 0 Å². The molecule has 1 unspecified atom stereocenters. The molecule has 1 heterocycles. The molecule has 1 aliphatic heterocycles. The molecule has 1 aromatic rings. The van der Waals surface area contributed by atoms with E-state index in [1.807, 2.05) is 43.3 Å². The summed E-state index contributed by atoms with van der Waals surface area (Å²) < 4.78 is 0. The number of hydrogen-bond donors (Lipinski definition) is 2. The van der Waals surface area contributed by atoms with Gasteiger partial charge in [0.05, 0.1) is 17.7 Å².